The molecule has 1 amide bonds. The van der Waals surface area contributed by atoms with Crippen LogP contribution in [0, 0.1) is 12.7 Å². The SMILES string of the molecule is CCn1c(=NC(=O)CCSc2ccc(F)cc2)sc2cc(C)ccc21. The number of hydrogen-bond donors (Lipinski definition) is 0. The summed E-state index contributed by atoms with van der Waals surface area (Å²) in [7, 11) is 0. The Kier molecular flexibility index (Phi) is 5.71. The Morgan fingerprint density at radius 3 is 2.72 bits per heavy atom. The van der Waals surface area contributed by atoms with Gasteiger partial charge in [0.15, 0.2) is 4.80 Å². The molecule has 0 aliphatic carbocycles. The molecule has 0 bridgehead atoms. The van der Waals surface area contributed by atoms with Gasteiger partial charge < -0.3 is 4.57 Å². The summed E-state index contributed by atoms with van der Waals surface area (Å²) in [6.45, 7) is 4.89. The number of thiazole rings is 1. The van der Waals surface area contributed by atoms with E-state index in [2.05, 4.69) is 41.6 Å². The van der Waals surface area contributed by atoms with Gasteiger partial charge in [-0.3, -0.25) is 4.79 Å². The molecular weight excluding hydrogens is 355 g/mol. The largest absolute Gasteiger partial charge is 0.317 e. The molecule has 1 aromatic heterocycles. The number of thioether (sulfide) groups is 1. The first-order valence-electron chi connectivity index (χ1n) is 8.12. The summed E-state index contributed by atoms with van der Waals surface area (Å²) in [6, 6.07) is 12.6. The van der Waals surface area contributed by atoms with E-state index in [0.717, 1.165) is 26.5 Å². The van der Waals surface area contributed by atoms with Gasteiger partial charge in [0.2, 0.25) is 5.91 Å². The van der Waals surface area contributed by atoms with Crippen molar-refractivity contribution in [1.82, 2.24) is 4.57 Å². The van der Waals surface area contributed by atoms with E-state index in [1.54, 1.807) is 23.5 Å². The molecule has 3 aromatic rings. The number of rotatable bonds is 5. The first kappa shape index (κ1) is 17.9. The summed E-state index contributed by atoms with van der Waals surface area (Å²) in [5, 5.41) is 0. The van der Waals surface area contributed by atoms with Gasteiger partial charge in [-0.15, -0.1) is 11.8 Å². The van der Waals surface area contributed by atoms with Crippen LogP contribution in [0.1, 0.15) is 18.9 Å². The van der Waals surface area contributed by atoms with Crippen molar-refractivity contribution in [3.05, 3.63) is 58.6 Å². The number of carbonyl (C=O) groups is 1. The van der Waals surface area contributed by atoms with Crippen molar-refractivity contribution >= 4 is 39.2 Å². The highest BCUT2D eigenvalue weighted by atomic mass is 32.2. The van der Waals surface area contributed by atoms with E-state index in [1.165, 1.54) is 29.5 Å². The van der Waals surface area contributed by atoms with Crippen LogP contribution in [-0.2, 0) is 11.3 Å². The third-order valence-electron chi connectivity index (χ3n) is 3.77. The molecule has 0 unspecified atom stereocenters. The highest BCUT2D eigenvalue weighted by molar-refractivity contribution is 7.99. The van der Waals surface area contributed by atoms with Gasteiger partial charge in [0.1, 0.15) is 5.82 Å². The average Bonchev–Trinajstić information content (AvgIpc) is 2.92. The standard InChI is InChI=1S/C19H19FN2OS2/c1-3-22-16-9-4-13(2)12-17(16)25-19(22)21-18(23)10-11-24-15-7-5-14(20)6-8-15/h4-9,12H,3,10-11H2,1-2H3. The molecule has 0 fully saturated rings. The van der Waals surface area contributed by atoms with Gasteiger partial charge in [0.25, 0.3) is 0 Å². The molecule has 130 valence electrons. The van der Waals surface area contributed by atoms with Crippen molar-refractivity contribution in [2.75, 3.05) is 5.75 Å². The number of halogens is 1. The van der Waals surface area contributed by atoms with Crippen LogP contribution in [0.3, 0.4) is 0 Å². The van der Waals surface area contributed by atoms with Crippen LogP contribution in [0.2, 0.25) is 0 Å². The van der Waals surface area contributed by atoms with E-state index < -0.39 is 0 Å². The normalized spacial score (nSPS) is 12.0. The predicted molar refractivity (Wildman–Crippen MR) is 103 cm³/mol. The van der Waals surface area contributed by atoms with Crippen molar-refractivity contribution in [2.45, 2.75) is 31.7 Å². The number of nitrogens with zero attached hydrogens (tertiary/aromatic N) is 2. The fraction of sp³-hybridized carbons (Fsp3) is 0.263. The summed E-state index contributed by atoms with van der Waals surface area (Å²) in [5.41, 5.74) is 2.32. The van der Waals surface area contributed by atoms with Gasteiger partial charge in [-0.25, -0.2) is 4.39 Å². The van der Waals surface area contributed by atoms with Crippen molar-refractivity contribution < 1.29 is 9.18 Å². The lowest BCUT2D eigenvalue weighted by molar-refractivity contribution is -0.117. The Bertz CT molecular complexity index is 958. The van der Waals surface area contributed by atoms with Crippen LogP contribution in [0.4, 0.5) is 4.39 Å². The number of aryl methyl sites for hydroxylation is 2. The van der Waals surface area contributed by atoms with E-state index in [-0.39, 0.29) is 11.7 Å². The summed E-state index contributed by atoms with van der Waals surface area (Å²) < 4.78 is 16.1. The molecule has 3 rings (SSSR count). The summed E-state index contributed by atoms with van der Waals surface area (Å²) in [4.78, 5) is 18.2. The Morgan fingerprint density at radius 2 is 2.00 bits per heavy atom. The van der Waals surface area contributed by atoms with Crippen LogP contribution in [0.5, 0.6) is 0 Å². The first-order chi connectivity index (χ1) is 12.1. The third-order valence-corrected chi connectivity index (χ3v) is 5.83. The van der Waals surface area contributed by atoms with Crippen molar-refractivity contribution in [3.63, 3.8) is 0 Å². The number of hydrogen-bond acceptors (Lipinski definition) is 3. The molecule has 1 heterocycles. The zero-order chi connectivity index (χ0) is 17.8. The monoisotopic (exact) mass is 374 g/mol. The molecule has 2 aromatic carbocycles. The lowest BCUT2D eigenvalue weighted by atomic mass is 10.2. The Morgan fingerprint density at radius 1 is 1.24 bits per heavy atom. The van der Waals surface area contributed by atoms with E-state index in [9.17, 15) is 9.18 Å². The molecule has 6 heteroatoms. The zero-order valence-corrected chi connectivity index (χ0v) is 15.8. The number of amides is 1. The first-order valence-corrected chi connectivity index (χ1v) is 9.93. The minimum absolute atomic E-state index is 0.125. The van der Waals surface area contributed by atoms with Gasteiger partial charge in [0, 0.05) is 23.6 Å². The van der Waals surface area contributed by atoms with Crippen LogP contribution in [0.25, 0.3) is 10.2 Å². The molecule has 0 aliphatic heterocycles. The number of aromatic nitrogens is 1. The molecule has 0 atom stereocenters. The molecule has 0 N–H and O–H groups in total. The third kappa shape index (κ3) is 4.38. The lowest BCUT2D eigenvalue weighted by Crippen LogP contribution is -2.15. The second kappa shape index (κ2) is 7.97. The Labute approximate surface area is 154 Å². The van der Waals surface area contributed by atoms with E-state index in [4.69, 9.17) is 0 Å². The lowest BCUT2D eigenvalue weighted by Gasteiger charge is -2.01. The smallest absolute Gasteiger partial charge is 0.249 e. The quantitative estimate of drug-likeness (QED) is 0.602. The highest BCUT2D eigenvalue weighted by Crippen LogP contribution is 2.20. The van der Waals surface area contributed by atoms with Crippen molar-refractivity contribution in [3.8, 4) is 0 Å². The maximum atomic E-state index is 12.9. The van der Waals surface area contributed by atoms with Crippen LogP contribution >= 0.6 is 23.1 Å². The molecule has 0 radical (unpaired) electrons. The molecule has 0 saturated heterocycles. The van der Waals surface area contributed by atoms with Gasteiger partial charge in [-0.2, -0.15) is 4.99 Å². The fourth-order valence-corrected chi connectivity index (χ4v) is 4.57. The topological polar surface area (TPSA) is 34.4 Å². The maximum Gasteiger partial charge on any atom is 0.249 e. The number of carbonyl (C=O) groups excluding carboxylic acids is 1. The Balaban J connectivity index is 1.72. The molecule has 0 aliphatic rings. The van der Waals surface area contributed by atoms with Crippen molar-refractivity contribution in [2.24, 2.45) is 4.99 Å². The van der Waals surface area contributed by atoms with E-state index >= 15 is 0 Å². The fourth-order valence-electron chi connectivity index (χ4n) is 2.52. The maximum absolute atomic E-state index is 12.9. The number of fused-ring (bicyclic) bond motifs is 1. The average molecular weight is 375 g/mol. The molecule has 0 spiro atoms. The predicted octanol–water partition coefficient (Wildman–Crippen LogP) is 4.78. The summed E-state index contributed by atoms with van der Waals surface area (Å²) in [5.74, 6) is 0.254. The van der Waals surface area contributed by atoms with Gasteiger partial charge in [-0.05, 0) is 55.8 Å². The van der Waals surface area contributed by atoms with Gasteiger partial charge in [-0.1, -0.05) is 17.4 Å². The van der Waals surface area contributed by atoms with Gasteiger partial charge >= 0.3 is 0 Å². The second-order valence-corrected chi connectivity index (χ2v) is 7.84. The molecular formula is C19H19FN2OS2. The molecule has 25 heavy (non-hydrogen) atoms. The minimum Gasteiger partial charge on any atom is -0.317 e. The van der Waals surface area contributed by atoms with Crippen LogP contribution in [-0.4, -0.2) is 16.2 Å². The minimum atomic E-state index is -0.250. The van der Waals surface area contributed by atoms with E-state index in [1.807, 2.05) is 0 Å². The molecule has 0 saturated carbocycles. The van der Waals surface area contributed by atoms with Crippen LogP contribution in [0.15, 0.2) is 52.4 Å². The van der Waals surface area contributed by atoms with Crippen LogP contribution < -0.4 is 4.80 Å². The summed E-state index contributed by atoms with van der Waals surface area (Å²) >= 11 is 3.08. The second-order valence-electron chi connectivity index (χ2n) is 5.66. The number of benzene rings is 2. The highest BCUT2D eigenvalue weighted by Gasteiger charge is 2.07. The van der Waals surface area contributed by atoms with Crippen molar-refractivity contribution in [1.29, 1.82) is 0 Å². The summed E-state index contributed by atoms with van der Waals surface area (Å²) in [6.07, 6.45) is 0.360. The van der Waals surface area contributed by atoms with Gasteiger partial charge in [0.05, 0.1) is 10.2 Å². The zero-order valence-electron chi connectivity index (χ0n) is 14.2. The molecule has 3 nitrogen and oxygen atoms in total. The Hall–Kier alpha value is -1.92. The van der Waals surface area contributed by atoms with E-state index in [0.29, 0.717) is 12.2 Å².